The number of nitrogens with two attached hydrogens (primary N) is 1. The quantitative estimate of drug-likeness (QED) is 0.329. The van der Waals surface area contributed by atoms with Gasteiger partial charge in [-0.05, 0) is 13.8 Å². The van der Waals surface area contributed by atoms with Gasteiger partial charge in [-0.15, -0.1) is 0 Å². The SMILES string of the molecule is C[C@@H]1CN(C(=N)N)[C@@H](C)CN1. The molecule has 4 nitrogen and oxygen atoms in total. The van der Waals surface area contributed by atoms with Crippen molar-refractivity contribution in [3.8, 4) is 0 Å². The zero-order valence-corrected chi connectivity index (χ0v) is 7.09. The van der Waals surface area contributed by atoms with E-state index < -0.39 is 0 Å². The Labute approximate surface area is 67.3 Å². The molecule has 0 amide bonds. The van der Waals surface area contributed by atoms with Crippen LogP contribution in [-0.4, -0.2) is 36.0 Å². The van der Waals surface area contributed by atoms with Gasteiger partial charge in [0.2, 0.25) is 0 Å². The molecule has 4 heteroatoms. The van der Waals surface area contributed by atoms with Crippen LogP contribution in [0.4, 0.5) is 0 Å². The molecule has 0 spiro atoms. The molecule has 4 N–H and O–H groups in total. The minimum atomic E-state index is 0.186. The Kier molecular flexibility index (Phi) is 2.34. The van der Waals surface area contributed by atoms with Crippen LogP contribution in [-0.2, 0) is 0 Å². The van der Waals surface area contributed by atoms with Crippen LogP contribution in [0, 0.1) is 5.41 Å². The minimum absolute atomic E-state index is 0.186. The fraction of sp³-hybridized carbons (Fsp3) is 0.857. The predicted molar refractivity (Wildman–Crippen MR) is 45.5 cm³/mol. The summed E-state index contributed by atoms with van der Waals surface area (Å²) in [5.74, 6) is 0.186. The van der Waals surface area contributed by atoms with E-state index in [0.717, 1.165) is 13.1 Å². The molecule has 0 saturated carbocycles. The summed E-state index contributed by atoms with van der Waals surface area (Å²) >= 11 is 0. The van der Waals surface area contributed by atoms with Crippen LogP contribution in [0.15, 0.2) is 0 Å². The van der Waals surface area contributed by atoms with Crippen LogP contribution in [0.2, 0.25) is 0 Å². The number of nitrogens with zero attached hydrogens (tertiary/aromatic N) is 1. The van der Waals surface area contributed by atoms with E-state index in [0.29, 0.717) is 12.1 Å². The molecule has 1 aliphatic heterocycles. The van der Waals surface area contributed by atoms with Crippen molar-refractivity contribution in [3.63, 3.8) is 0 Å². The highest BCUT2D eigenvalue weighted by molar-refractivity contribution is 5.75. The molecule has 64 valence electrons. The summed E-state index contributed by atoms with van der Waals surface area (Å²) in [7, 11) is 0. The minimum Gasteiger partial charge on any atom is -0.370 e. The monoisotopic (exact) mass is 156 g/mol. The molecule has 0 aliphatic carbocycles. The lowest BCUT2D eigenvalue weighted by Crippen LogP contribution is -2.57. The summed E-state index contributed by atoms with van der Waals surface area (Å²) in [6.07, 6.45) is 0. The number of nitrogens with one attached hydrogen (secondary N) is 2. The molecule has 0 unspecified atom stereocenters. The normalized spacial score (nSPS) is 32.0. The first-order chi connectivity index (χ1) is 5.11. The molecule has 0 aromatic rings. The first kappa shape index (κ1) is 8.33. The molecule has 0 aromatic heterocycles. The molecule has 0 bridgehead atoms. The number of hydrogen-bond acceptors (Lipinski definition) is 2. The van der Waals surface area contributed by atoms with Gasteiger partial charge in [0.05, 0.1) is 0 Å². The van der Waals surface area contributed by atoms with Crippen LogP contribution in [0.5, 0.6) is 0 Å². The van der Waals surface area contributed by atoms with Crippen LogP contribution < -0.4 is 11.1 Å². The molecular weight excluding hydrogens is 140 g/mol. The van der Waals surface area contributed by atoms with Gasteiger partial charge < -0.3 is 16.0 Å². The third kappa shape index (κ3) is 1.83. The van der Waals surface area contributed by atoms with E-state index in [1.165, 1.54) is 0 Å². The highest BCUT2D eigenvalue weighted by atomic mass is 15.3. The van der Waals surface area contributed by atoms with E-state index in [2.05, 4.69) is 19.2 Å². The zero-order chi connectivity index (χ0) is 8.43. The van der Waals surface area contributed by atoms with E-state index >= 15 is 0 Å². The van der Waals surface area contributed by atoms with Gasteiger partial charge in [0.1, 0.15) is 0 Å². The van der Waals surface area contributed by atoms with Gasteiger partial charge in [0.25, 0.3) is 0 Å². The summed E-state index contributed by atoms with van der Waals surface area (Å²) in [5, 5.41) is 10.6. The first-order valence-corrected chi connectivity index (χ1v) is 3.95. The van der Waals surface area contributed by atoms with Crippen molar-refractivity contribution in [1.29, 1.82) is 5.41 Å². The second-order valence-electron chi connectivity index (χ2n) is 3.20. The molecule has 1 aliphatic rings. The Morgan fingerprint density at radius 1 is 1.64 bits per heavy atom. The summed E-state index contributed by atoms with van der Waals surface area (Å²) < 4.78 is 0. The second kappa shape index (κ2) is 3.09. The maximum Gasteiger partial charge on any atom is 0.188 e. The molecule has 1 fully saturated rings. The summed E-state index contributed by atoms with van der Waals surface area (Å²) in [6, 6.07) is 0.791. The maximum absolute atomic E-state index is 7.29. The van der Waals surface area contributed by atoms with Gasteiger partial charge in [-0.1, -0.05) is 0 Å². The summed E-state index contributed by atoms with van der Waals surface area (Å²) in [5.41, 5.74) is 5.40. The Balaban J connectivity index is 2.54. The fourth-order valence-electron chi connectivity index (χ4n) is 1.36. The van der Waals surface area contributed by atoms with Gasteiger partial charge in [-0.3, -0.25) is 5.41 Å². The average molecular weight is 156 g/mol. The molecule has 0 aromatic carbocycles. The third-order valence-corrected chi connectivity index (χ3v) is 2.07. The van der Waals surface area contributed by atoms with Crippen molar-refractivity contribution in [1.82, 2.24) is 10.2 Å². The van der Waals surface area contributed by atoms with Crippen molar-refractivity contribution in [2.75, 3.05) is 13.1 Å². The number of rotatable bonds is 0. The lowest BCUT2D eigenvalue weighted by Gasteiger charge is -2.37. The molecule has 1 rings (SSSR count). The number of hydrogen-bond donors (Lipinski definition) is 3. The Hall–Kier alpha value is -0.770. The summed E-state index contributed by atoms with van der Waals surface area (Å²) in [6.45, 7) is 5.93. The van der Waals surface area contributed by atoms with Crippen molar-refractivity contribution >= 4 is 5.96 Å². The highest BCUT2D eigenvalue weighted by Gasteiger charge is 2.22. The Morgan fingerprint density at radius 3 is 2.73 bits per heavy atom. The molecule has 1 heterocycles. The number of guanidine groups is 1. The van der Waals surface area contributed by atoms with Crippen LogP contribution >= 0.6 is 0 Å². The van der Waals surface area contributed by atoms with E-state index in [1.54, 1.807) is 0 Å². The second-order valence-corrected chi connectivity index (χ2v) is 3.20. The number of piperazine rings is 1. The molecule has 2 atom stereocenters. The van der Waals surface area contributed by atoms with Gasteiger partial charge >= 0.3 is 0 Å². The zero-order valence-electron chi connectivity index (χ0n) is 7.09. The lowest BCUT2D eigenvalue weighted by molar-refractivity contribution is 0.231. The fourth-order valence-corrected chi connectivity index (χ4v) is 1.36. The van der Waals surface area contributed by atoms with Crippen molar-refractivity contribution in [3.05, 3.63) is 0 Å². The third-order valence-electron chi connectivity index (χ3n) is 2.07. The van der Waals surface area contributed by atoms with Crippen molar-refractivity contribution < 1.29 is 0 Å². The standard InChI is InChI=1S/C7H16N4/c1-5-4-11(7(8)9)6(2)3-10-5/h5-6,10H,3-4H2,1-2H3,(H3,8,9)/t5-,6+/m1/s1. The van der Waals surface area contributed by atoms with Gasteiger partial charge in [-0.2, -0.15) is 0 Å². The lowest BCUT2D eigenvalue weighted by atomic mass is 10.1. The van der Waals surface area contributed by atoms with Crippen LogP contribution in [0.25, 0.3) is 0 Å². The largest absolute Gasteiger partial charge is 0.370 e. The van der Waals surface area contributed by atoms with E-state index in [4.69, 9.17) is 11.1 Å². The summed E-state index contributed by atoms with van der Waals surface area (Å²) in [4.78, 5) is 1.92. The Bertz CT molecular complexity index is 157. The predicted octanol–water partition coefficient (Wildman–Crippen LogP) is -0.438. The van der Waals surface area contributed by atoms with Gasteiger partial charge in [0, 0.05) is 25.2 Å². The molecule has 1 saturated heterocycles. The van der Waals surface area contributed by atoms with E-state index in [1.807, 2.05) is 4.90 Å². The van der Waals surface area contributed by atoms with Gasteiger partial charge in [0.15, 0.2) is 5.96 Å². The molecule has 11 heavy (non-hydrogen) atoms. The maximum atomic E-state index is 7.29. The van der Waals surface area contributed by atoms with E-state index in [-0.39, 0.29) is 5.96 Å². The average Bonchev–Trinajstić information content (AvgIpc) is 1.94. The topological polar surface area (TPSA) is 65.1 Å². The molecular formula is C7H16N4. The van der Waals surface area contributed by atoms with Crippen LogP contribution in [0.1, 0.15) is 13.8 Å². The molecule has 0 radical (unpaired) electrons. The highest BCUT2D eigenvalue weighted by Crippen LogP contribution is 2.04. The first-order valence-electron chi connectivity index (χ1n) is 3.95. The van der Waals surface area contributed by atoms with E-state index in [9.17, 15) is 0 Å². The Morgan fingerprint density at radius 2 is 2.27 bits per heavy atom. The smallest absolute Gasteiger partial charge is 0.188 e. The van der Waals surface area contributed by atoms with Crippen molar-refractivity contribution in [2.45, 2.75) is 25.9 Å². The van der Waals surface area contributed by atoms with Crippen molar-refractivity contribution in [2.24, 2.45) is 5.73 Å². The van der Waals surface area contributed by atoms with Crippen LogP contribution in [0.3, 0.4) is 0 Å². The van der Waals surface area contributed by atoms with Gasteiger partial charge in [-0.25, -0.2) is 0 Å².